The Bertz CT molecular complexity index is 853. The van der Waals surface area contributed by atoms with Crippen molar-refractivity contribution >= 4 is 11.5 Å². The number of methoxy groups -OCH3 is 3. The number of fused-ring (bicyclic) bond motifs is 1. The molecule has 0 aliphatic rings. The fourth-order valence-electron chi connectivity index (χ4n) is 2.63. The fraction of sp³-hybridized carbons (Fsp3) is 0.353. The second-order valence-electron chi connectivity index (χ2n) is 5.42. The quantitative estimate of drug-likeness (QED) is 0.703. The van der Waals surface area contributed by atoms with Crippen LogP contribution < -0.4 is 19.5 Å². The molecule has 3 rings (SSSR count). The number of ether oxygens (including phenoxy) is 3. The van der Waals surface area contributed by atoms with E-state index in [4.69, 9.17) is 14.2 Å². The van der Waals surface area contributed by atoms with Crippen molar-refractivity contribution in [2.24, 2.45) is 0 Å². The van der Waals surface area contributed by atoms with Gasteiger partial charge in [-0.3, -0.25) is 0 Å². The first-order valence-electron chi connectivity index (χ1n) is 7.88. The summed E-state index contributed by atoms with van der Waals surface area (Å²) >= 11 is 0. The molecule has 25 heavy (non-hydrogen) atoms. The summed E-state index contributed by atoms with van der Waals surface area (Å²) in [7, 11) is 4.88. The largest absolute Gasteiger partial charge is 0.496 e. The van der Waals surface area contributed by atoms with E-state index >= 15 is 0 Å². The highest BCUT2D eigenvalue weighted by Gasteiger charge is 2.13. The Balaban J connectivity index is 1.75. The van der Waals surface area contributed by atoms with E-state index in [0.29, 0.717) is 18.7 Å². The summed E-state index contributed by atoms with van der Waals surface area (Å²) in [6.07, 6.45) is 0.706. The molecule has 2 heterocycles. The topological polar surface area (TPSA) is 82.8 Å². The Morgan fingerprint density at radius 1 is 1.00 bits per heavy atom. The van der Waals surface area contributed by atoms with E-state index in [1.54, 1.807) is 25.8 Å². The summed E-state index contributed by atoms with van der Waals surface area (Å²) in [5.41, 5.74) is 1.70. The maximum absolute atomic E-state index is 5.47. The van der Waals surface area contributed by atoms with Crippen LogP contribution in [0.3, 0.4) is 0 Å². The van der Waals surface area contributed by atoms with Crippen molar-refractivity contribution in [1.82, 2.24) is 19.8 Å². The Hall–Kier alpha value is -3.03. The van der Waals surface area contributed by atoms with E-state index in [-0.39, 0.29) is 0 Å². The van der Waals surface area contributed by atoms with Gasteiger partial charge in [-0.05, 0) is 25.5 Å². The van der Waals surface area contributed by atoms with Gasteiger partial charge in [0.25, 0.3) is 0 Å². The molecule has 0 atom stereocenters. The Morgan fingerprint density at radius 2 is 1.72 bits per heavy atom. The molecule has 8 nitrogen and oxygen atoms in total. The van der Waals surface area contributed by atoms with Crippen LogP contribution in [-0.2, 0) is 6.42 Å². The van der Waals surface area contributed by atoms with E-state index < -0.39 is 0 Å². The van der Waals surface area contributed by atoms with Gasteiger partial charge in [-0.2, -0.15) is 4.52 Å². The number of hydrogen-bond acceptors (Lipinski definition) is 7. The summed E-state index contributed by atoms with van der Waals surface area (Å²) in [6, 6.07) is 7.46. The van der Waals surface area contributed by atoms with Gasteiger partial charge in [0.1, 0.15) is 23.1 Å². The van der Waals surface area contributed by atoms with Gasteiger partial charge in [0, 0.05) is 24.2 Å². The zero-order valence-corrected chi connectivity index (χ0v) is 14.7. The highest BCUT2D eigenvalue weighted by molar-refractivity contribution is 5.51. The summed E-state index contributed by atoms with van der Waals surface area (Å²) in [4.78, 5) is 0. The molecule has 0 aliphatic carbocycles. The maximum atomic E-state index is 5.47. The van der Waals surface area contributed by atoms with Crippen molar-refractivity contribution < 1.29 is 14.2 Å². The van der Waals surface area contributed by atoms with Crippen molar-refractivity contribution in [3.05, 3.63) is 35.7 Å². The minimum atomic E-state index is 0.665. The van der Waals surface area contributed by atoms with Crippen molar-refractivity contribution in [3.8, 4) is 17.2 Å². The minimum absolute atomic E-state index is 0.665. The maximum Gasteiger partial charge on any atom is 0.178 e. The molecule has 0 saturated heterocycles. The number of rotatable bonds is 7. The highest BCUT2D eigenvalue weighted by Crippen LogP contribution is 2.34. The minimum Gasteiger partial charge on any atom is -0.496 e. The number of benzene rings is 1. The van der Waals surface area contributed by atoms with Crippen LogP contribution >= 0.6 is 0 Å². The third-order valence-electron chi connectivity index (χ3n) is 3.92. The van der Waals surface area contributed by atoms with Gasteiger partial charge in [0.05, 0.1) is 21.3 Å². The van der Waals surface area contributed by atoms with Crippen LogP contribution in [0.4, 0.5) is 5.82 Å². The third-order valence-corrected chi connectivity index (χ3v) is 3.92. The molecular formula is C17H21N5O3. The van der Waals surface area contributed by atoms with E-state index in [1.807, 2.05) is 31.2 Å². The van der Waals surface area contributed by atoms with Gasteiger partial charge in [-0.1, -0.05) is 0 Å². The molecule has 1 N–H and O–H groups in total. The Morgan fingerprint density at radius 3 is 2.36 bits per heavy atom. The molecule has 1 aromatic carbocycles. The molecule has 0 unspecified atom stereocenters. The lowest BCUT2D eigenvalue weighted by atomic mass is 10.1. The standard InChI is InChI=1S/C17H21N5O3/c1-11-19-20-17-6-5-16(21-22(11)17)18-8-7-13-14(24-3)9-12(23-2)10-15(13)25-4/h5-6,9-10H,7-8H2,1-4H3,(H,18,21). The predicted octanol–water partition coefficient (Wildman–Crippen LogP) is 2.11. The van der Waals surface area contributed by atoms with Crippen molar-refractivity contribution in [2.75, 3.05) is 33.2 Å². The van der Waals surface area contributed by atoms with Gasteiger partial charge < -0.3 is 19.5 Å². The predicted molar refractivity (Wildman–Crippen MR) is 93.8 cm³/mol. The number of nitrogens with one attached hydrogen (secondary N) is 1. The summed E-state index contributed by atoms with van der Waals surface area (Å²) in [6.45, 7) is 2.53. The SMILES string of the molecule is COc1cc(OC)c(CCNc2ccc3nnc(C)n3n2)c(OC)c1. The van der Waals surface area contributed by atoms with Gasteiger partial charge in [-0.15, -0.1) is 15.3 Å². The van der Waals surface area contributed by atoms with Gasteiger partial charge >= 0.3 is 0 Å². The second-order valence-corrected chi connectivity index (χ2v) is 5.42. The van der Waals surface area contributed by atoms with Crippen molar-refractivity contribution in [1.29, 1.82) is 0 Å². The summed E-state index contributed by atoms with van der Waals surface area (Å²) in [5.74, 6) is 3.66. The van der Waals surface area contributed by atoms with Crippen LogP contribution in [0.15, 0.2) is 24.3 Å². The smallest absolute Gasteiger partial charge is 0.178 e. The van der Waals surface area contributed by atoms with E-state index in [0.717, 1.165) is 34.4 Å². The fourth-order valence-corrected chi connectivity index (χ4v) is 2.63. The van der Waals surface area contributed by atoms with Crippen LogP contribution in [0, 0.1) is 6.92 Å². The Kier molecular flexibility index (Phi) is 4.87. The molecule has 3 aromatic rings. The second kappa shape index (κ2) is 7.25. The monoisotopic (exact) mass is 343 g/mol. The molecule has 0 amide bonds. The molecule has 8 heteroatoms. The lowest BCUT2D eigenvalue weighted by Crippen LogP contribution is -2.10. The molecule has 0 aliphatic heterocycles. The van der Waals surface area contributed by atoms with Gasteiger partial charge in [-0.25, -0.2) is 0 Å². The van der Waals surface area contributed by atoms with Gasteiger partial charge in [0.2, 0.25) is 0 Å². The zero-order valence-electron chi connectivity index (χ0n) is 14.7. The third kappa shape index (κ3) is 3.42. The molecule has 132 valence electrons. The highest BCUT2D eigenvalue weighted by atomic mass is 16.5. The summed E-state index contributed by atoms with van der Waals surface area (Å²) < 4.78 is 17.9. The summed E-state index contributed by atoms with van der Waals surface area (Å²) in [5, 5.41) is 15.8. The van der Waals surface area contributed by atoms with Crippen LogP contribution in [0.2, 0.25) is 0 Å². The number of hydrogen-bond donors (Lipinski definition) is 1. The number of aryl methyl sites for hydroxylation is 1. The van der Waals surface area contributed by atoms with Gasteiger partial charge in [0.15, 0.2) is 11.5 Å². The number of aromatic nitrogens is 4. The van der Waals surface area contributed by atoms with E-state index in [1.165, 1.54) is 0 Å². The normalized spacial score (nSPS) is 10.7. The average molecular weight is 343 g/mol. The number of nitrogens with zero attached hydrogens (tertiary/aromatic N) is 4. The first-order chi connectivity index (χ1) is 12.2. The molecule has 0 fully saturated rings. The molecule has 0 spiro atoms. The molecule has 0 bridgehead atoms. The molecular weight excluding hydrogens is 322 g/mol. The van der Waals surface area contributed by atoms with Crippen molar-refractivity contribution in [2.45, 2.75) is 13.3 Å². The first-order valence-corrected chi connectivity index (χ1v) is 7.88. The lowest BCUT2D eigenvalue weighted by molar-refractivity contribution is 0.369. The van der Waals surface area contributed by atoms with Crippen LogP contribution in [0.25, 0.3) is 5.65 Å². The van der Waals surface area contributed by atoms with Crippen LogP contribution in [0.5, 0.6) is 17.2 Å². The van der Waals surface area contributed by atoms with Crippen LogP contribution in [-0.4, -0.2) is 47.7 Å². The van der Waals surface area contributed by atoms with Crippen molar-refractivity contribution in [3.63, 3.8) is 0 Å². The van der Waals surface area contributed by atoms with E-state index in [2.05, 4.69) is 20.6 Å². The average Bonchev–Trinajstić information content (AvgIpc) is 3.02. The Labute approximate surface area is 145 Å². The zero-order chi connectivity index (χ0) is 17.8. The lowest BCUT2D eigenvalue weighted by Gasteiger charge is -2.15. The molecule has 2 aromatic heterocycles. The van der Waals surface area contributed by atoms with E-state index in [9.17, 15) is 0 Å². The molecule has 0 saturated carbocycles. The first kappa shape index (κ1) is 16.8. The van der Waals surface area contributed by atoms with Crippen LogP contribution in [0.1, 0.15) is 11.4 Å². The number of anilines is 1. The molecule has 0 radical (unpaired) electrons.